The standard InChI is InChI=1S/C15H10INO/c16-12-8-4-7-11-14(18)9-13(17-15(11)12)10-5-2-1-3-6-10/h1-9H,(H,17,18). The maximum absolute atomic E-state index is 12.1. The molecule has 1 aromatic heterocycles. The van der Waals surface area contributed by atoms with E-state index in [1.807, 2.05) is 48.5 Å². The minimum atomic E-state index is 0.0566. The predicted octanol–water partition coefficient (Wildman–Crippen LogP) is 3.80. The van der Waals surface area contributed by atoms with Crippen LogP contribution in [-0.4, -0.2) is 4.98 Å². The van der Waals surface area contributed by atoms with Gasteiger partial charge in [-0.25, -0.2) is 0 Å². The molecule has 0 saturated carbocycles. The number of hydrogen-bond donors (Lipinski definition) is 1. The molecule has 0 fully saturated rings. The van der Waals surface area contributed by atoms with Crippen LogP contribution in [0.3, 0.4) is 0 Å². The zero-order valence-corrected chi connectivity index (χ0v) is 11.6. The average Bonchev–Trinajstić information content (AvgIpc) is 2.41. The maximum atomic E-state index is 12.1. The number of nitrogens with one attached hydrogen (secondary N) is 1. The van der Waals surface area contributed by atoms with Gasteiger partial charge in [0, 0.05) is 20.7 Å². The molecule has 3 rings (SSSR count). The Balaban J connectivity index is 2.34. The van der Waals surface area contributed by atoms with Crippen LogP contribution < -0.4 is 5.43 Å². The molecule has 2 nitrogen and oxygen atoms in total. The highest BCUT2D eigenvalue weighted by atomic mass is 127. The van der Waals surface area contributed by atoms with Crippen LogP contribution in [0.15, 0.2) is 59.4 Å². The van der Waals surface area contributed by atoms with Gasteiger partial charge in [0.05, 0.1) is 5.52 Å². The van der Waals surface area contributed by atoms with E-state index in [2.05, 4.69) is 27.6 Å². The first-order valence-corrected chi connectivity index (χ1v) is 6.70. The van der Waals surface area contributed by atoms with Crippen LogP contribution in [0, 0.1) is 3.57 Å². The number of aromatic amines is 1. The van der Waals surface area contributed by atoms with Crippen molar-refractivity contribution in [3.05, 3.63) is 68.4 Å². The number of hydrogen-bond acceptors (Lipinski definition) is 1. The fourth-order valence-corrected chi connectivity index (χ4v) is 2.64. The first-order valence-electron chi connectivity index (χ1n) is 5.63. The second-order valence-electron chi connectivity index (χ2n) is 4.08. The van der Waals surface area contributed by atoms with E-state index in [9.17, 15) is 4.79 Å². The summed E-state index contributed by atoms with van der Waals surface area (Å²) in [5.41, 5.74) is 2.85. The van der Waals surface area contributed by atoms with Crippen LogP contribution in [0.2, 0.25) is 0 Å². The summed E-state index contributed by atoms with van der Waals surface area (Å²) in [5.74, 6) is 0. The summed E-state index contributed by atoms with van der Waals surface area (Å²) in [7, 11) is 0. The van der Waals surface area contributed by atoms with Crippen molar-refractivity contribution in [1.82, 2.24) is 4.98 Å². The molecule has 1 heterocycles. The molecule has 2 aromatic carbocycles. The van der Waals surface area contributed by atoms with Crippen molar-refractivity contribution in [2.45, 2.75) is 0 Å². The van der Waals surface area contributed by atoms with Crippen molar-refractivity contribution in [1.29, 1.82) is 0 Å². The number of para-hydroxylation sites is 1. The van der Waals surface area contributed by atoms with Crippen LogP contribution in [0.4, 0.5) is 0 Å². The third-order valence-corrected chi connectivity index (χ3v) is 3.80. The zero-order valence-electron chi connectivity index (χ0n) is 9.48. The molecular weight excluding hydrogens is 337 g/mol. The Morgan fingerprint density at radius 2 is 1.72 bits per heavy atom. The normalized spacial score (nSPS) is 10.7. The van der Waals surface area contributed by atoms with Gasteiger partial charge >= 0.3 is 0 Å². The van der Waals surface area contributed by atoms with Gasteiger partial charge < -0.3 is 4.98 Å². The minimum absolute atomic E-state index is 0.0566. The van der Waals surface area contributed by atoms with Gasteiger partial charge in [-0.1, -0.05) is 36.4 Å². The number of aromatic nitrogens is 1. The molecule has 1 N–H and O–H groups in total. The lowest BCUT2D eigenvalue weighted by molar-refractivity contribution is 1.37. The van der Waals surface area contributed by atoms with Gasteiger partial charge in [0.25, 0.3) is 0 Å². The summed E-state index contributed by atoms with van der Waals surface area (Å²) in [6.07, 6.45) is 0. The third-order valence-electron chi connectivity index (χ3n) is 2.90. The fraction of sp³-hybridized carbons (Fsp3) is 0. The lowest BCUT2D eigenvalue weighted by atomic mass is 10.1. The molecule has 0 aliphatic rings. The maximum Gasteiger partial charge on any atom is 0.190 e. The van der Waals surface area contributed by atoms with Gasteiger partial charge in [0.1, 0.15) is 0 Å². The van der Waals surface area contributed by atoms with E-state index < -0.39 is 0 Å². The van der Waals surface area contributed by atoms with Crippen LogP contribution in [0.1, 0.15) is 0 Å². The number of fused-ring (bicyclic) bond motifs is 1. The molecule has 3 aromatic rings. The number of halogens is 1. The van der Waals surface area contributed by atoms with E-state index in [0.717, 1.165) is 25.7 Å². The van der Waals surface area contributed by atoms with Crippen LogP contribution in [0.25, 0.3) is 22.2 Å². The first-order chi connectivity index (χ1) is 8.75. The molecule has 0 radical (unpaired) electrons. The van der Waals surface area contributed by atoms with Crippen LogP contribution in [-0.2, 0) is 0 Å². The smallest absolute Gasteiger partial charge is 0.190 e. The highest BCUT2D eigenvalue weighted by molar-refractivity contribution is 14.1. The Hall–Kier alpha value is -1.62. The van der Waals surface area contributed by atoms with E-state index in [0.29, 0.717) is 0 Å². The van der Waals surface area contributed by atoms with Gasteiger partial charge in [0.15, 0.2) is 5.43 Å². The van der Waals surface area contributed by atoms with E-state index in [-0.39, 0.29) is 5.43 Å². The summed E-state index contributed by atoms with van der Waals surface area (Å²) in [6.45, 7) is 0. The molecule has 18 heavy (non-hydrogen) atoms. The molecule has 88 valence electrons. The Labute approximate surface area is 118 Å². The molecule has 0 spiro atoms. The molecule has 0 aliphatic heterocycles. The topological polar surface area (TPSA) is 32.9 Å². The van der Waals surface area contributed by atoms with Crippen molar-refractivity contribution in [2.24, 2.45) is 0 Å². The van der Waals surface area contributed by atoms with Crippen molar-refractivity contribution < 1.29 is 0 Å². The van der Waals surface area contributed by atoms with Gasteiger partial charge in [-0.2, -0.15) is 0 Å². The van der Waals surface area contributed by atoms with E-state index in [4.69, 9.17) is 0 Å². The Kier molecular flexibility index (Phi) is 2.91. The number of H-pyrrole nitrogens is 1. The summed E-state index contributed by atoms with van der Waals surface area (Å²) in [5, 5.41) is 0.738. The van der Waals surface area contributed by atoms with Crippen molar-refractivity contribution in [3.63, 3.8) is 0 Å². The largest absolute Gasteiger partial charge is 0.353 e. The number of rotatable bonds is 1. The Bertz CT molecular complexity index is 762. The Morgan fingerprint density at radius 1 is 0.944 bits per heavy atom. The highest BCUT2D eigenvalue weighted by Crippen LogP contribution is 2.21. The van der Waals surface area contributed by atoms with Crippen LogP contribution >= 0.6 is 22.6 Å². The SMILES string of the molecule is O=c1cc(-c2ccccc2)[nH]c2c(I)cccc12. The van der Waals surface area contributed by atoms with E-state index in [1.165, 1.54) is 0 Å². The summed E-state index contributed by atoms with van der Waals surface area (Å²) in [6, 6.07) is 17.3. The lowest BCUT2D eigenvalue weighted by Crippen LogP contribution is -2.03. The van der Waals surface area contributed by atoms with Gasteiger partial charge in [-0.05, 0) is 40.3 Å². The molecule has 0 aliphatic carbocycles. The molecule has 0 saturated heterocycles. The zero-order chi connectivity index (χ0) is 12.5. The minimum Gasteiger partial charge on any atom is -0.353 e. The monoisotopic (exact) mass is 347 g/mol. The van der Waals surface area contributed by atoms with Crippen LogP contribution in [0.5, 0.6) is 0 Å². The highest BCUT2D eigenvalue weighted by Gasteiger charge is 2.05. The average molecular weight is 347 g/mol. The second-order valence-corrected chi connectivity index (χ2v) is 5.24. The van der Waals surface area contributed by atoms with Gasteiger partial charge in [-0.3, -0.25) is 4.79 Å². The number of pyridine rings is 1. The molecule has 0 unspecified atom stereocenters. The predicted molar refractivity (Wildman–Crippen MR) is 82.7 cm³/mol. The lowest BCUT2D eigenvalue weighted by Gasteiger charge is -2.05. The second kappa shape index (κ2) is 4.57. The molecular formula is C15H10INO. The van der Waals surface area contributed by atoms with E-state index >= 15 is 0 Å². The molecule has 0 bridgehead atoms. The van der Waals surface area contributed by atoms with E-state index in [1.54, 1.807) is 6.07 Å². The Morgan fingerprint density at radius 3 is 2.50 bits per heavy atom. The number of benzene rings is 2. The molecule has 3 heteroatoms. The van der Waals surface area contributed by atoms with Crippen molar-refractivity contribution in [3.8, 4) is 11.3 Å². The van der Waals surface area contributed by atoms with Crippen molar-refractivity contribution >= 4 is 33.5 Å². The first kappa shape index (κ1) is 11.5. The molecule has 0 atom stereocenters. The third kappa shape index (κ3) is 1.95. The fourth-order valence-electron chi connectivity index (χ4n) is 2.01. The van der Waals surface area contributed by atoms with Gasteiger partial charge in [-0.15, -0.1) is 0 Å². The molecule has 0 amide bonds. The van der Waals surface area contributed by atoms with Crippen molar-refractivity contribution in [2.75, 3.05) is 0 Å². The van der Waals surface area contributed by atoms with Gasteiger partial charge in [0.2, 0.25) is 0 Å². The summed E-state index contributed by atoms with van der Waals surface area (Å²) < 4.78 is 1.06. The summed E-state index contributed by atoms with van der Waals surface area (Å²) in [4.78, 5) is 15.4. The summed E-state index contributed by atoms with van der Waals surface area (Å²) >= 11 is 2.24. The quantitative estimate of drug-likeness (QED) is 0.668.